The van der Waals surface area contributed by atoms with E-state index in [1.54, 1.807) is 12.1 Å². The number of rotatable bonds is 4. The molecule has 2 saturated carbocycles. The maximum atomic E-state index is 13.0. The van der Waals surface area contributed by atoms with Gasteiger partial charge >= 0.3 is 0 Å². The van der Waals surface area contributed by atoms with Crippen molar-refractivity contribution in [1.82, 2.24) is 0 Å². The van der Waals surface area contributed by atoms with Crippen molar-refractivity contribution in [3.05, 3.63) is 59.7 Å². The van der Waals surface area contributed by atoms with E-state index in [4.69, 9.17) is 5.73 Å². The Labute approximate surface area is 172 Å². The average Bonchev–Trinajstić information content (AvgIpc) is 2.70. The standard InChI is InChI=1S/C24H29N3O2/c1-15-10-11-18(23(28)26-20-8-3-2-4-9-20)14-21(15)27-24(29)19-12-16-6-5-7-17(13-19)22(16)25/h2-4,8-11,14,16-17,19,22H,5-7,12-13,25H2,1H3,(H,26,28)(H,27,29). The van der Waals surface area contributed by atoms with Crippen molar-refractivity contribution in [3.8, 4) is 0 Å². The Morgan fingerprint density at radius 3 is 2.34 bits per heavy atom. The number of nitrogens with one attached hydrogen (secondary N) is 2. The number of fused-ring (bicyclic) bond motifs is 2. The van der Waals surface area contributed by atoms with E-state index in [-0.39, 0.29) is 23.8 Å². The van der Waals surface area contributed by atoms with Crippen molar-refractivity contribution < 1.29 is 9.59 Å². The lowest BCUT2D eigenvalue weighted by molar-refractivity contribution is -0.122. The second-order valence-electron chi connectivity index (χ2n) is 8.54. The second-order valence-corrected chi connectivity index (χ2v) is 8.54. The van der Waals surface area contributed by atoms with Crippen LogP contribution in [0.25, 0.3) is 0 Å². The van der Waals surface area contributed by atoms with E-state index in [1.165, 1.54) is 6.42 Å². The molecule has 2 atom stereocenters. The highest BCUT2D eigenvalue weighted by atomic mass is 16.2. The molecule has 4 rings (SSSR count). The molecular weight excluding hydrogens is 362 g/mol. The van der Waals surface area contributed by atoms with Crippen molar-refractivity contribution in [2.75, 3.05) is 10.6 Å². The summed E-state index contributed by atoms with van der Waals surface area (Å²) in [5.74, 6) is 0.790. The van der Waals surface area contributed by atoms with Gasteiger partial charge in [-0.3, -0.25) is 9.59 Å². The second kappa shape index (κ2) is 8.37. The number of aryl methyl sites for hydroxylation is 1. The predicted molar refractivity (Wildman–Crippen MR) is 116 cm³/mol. The van der Waals surface area contributed by atoms with Crippen molar-refractivity contribution in [3.63, 3.8) is 0 Å². The average molecular weight is 392 g/mol. The summed E-state index contributed by atoms with van der Waals surface area (Å²) in [4.78, 5) is 25.6. The van der Waals surface area contributed by atoms with Gasteiger partial charge in [0.15, 0.2) is 0 Å². The lowest BCUT2D eigenvalue weighted by Crippen LogP contribution is -2.48. The quantitative estimate of drug-likeness (QED) is 0.725. The molecule has 2 aliphatic rings. The molecule has 0 aromatic heterocycles. The lowest BCUT2D eigenvalue weighted by Gasteiger charge is -2.43. The fourth-order valence-corrected chi connectivity index (χ4v) is 4.86. The topological polar surface area (TPSA) is 84.2 Å². The van der Waals surface area contributed by atoms with Crippen molar-refractivity contribution in [2.45, 2.75) is 45.1 Å². The maximum absolute atomic E-state index is 13.0. The molecule has 2 aromatic carbocycles. The first-order chi connectivity index (χ1) is 14.0. The third-order valence-corrected chi connectivity index (χ3v) is 6.57. The summed E-state index contributed by atoms with van der Waals surface area (Å²) in [5.41, 5.74) is 9.28. The SMILES string of the molecule is Cc1ccc(C(=O)Nc2ccccc2)cc1NC(=O)C1CC2CCCC(C1)C2N. The number of carbonyl (C=O) groups excluding carboxylic acids is 2. The number of amides is 2. The number of hydrogen-bond donors (Lipinski definition) is 3. The van der Waals surface area contributed by atoms with Crippen LogP contribution in [-0.4, -0.2) is 17.9 Å². The van der Waals surface area contributed by atoms with E-state index in [0.29, 0.717) is 23.1 Å². The largest absolute Gasteiger partial charge is 0.327 e. The molecule has 2 amide bonds. The molecule has 2 aromatic rings. The highest BCUT2D eigenvalue weighted by Crippen LogP contribution is 2.42. The third-order valence-electron chi connectivity index (χ3n) is 6.57. The van der Waals surface area contributed by atoms with Gasteiger partial charge in [0, 0.05) is 28.9 Å². The van der Waals surface area contributed by atoms with Crippen LogP contribution in [-0.2, 0) is 4.79 Å². The summed E-state index contributed by atoms with van der Waals surface area (Å²) >= 11 is 0. The molecule has 2 fully saturated rings. The zero-order valence-corrected chi connectivity index (χ0v) is 16.9. The third kappa shape index (κ3) is 4.35. The number of nitrogens with two attached hydrogens (primary N) is 1. The Hall–Kier alpha value is -2.66. The van der Waals surface area contributed by atoms with Crippen LogP contribution in [0.5, 0.6) is 0 Å². The van der Waals surface area contributed by atoms with Crippen LogP contribution in [0.3, 0.4) is 0 Å². The Bertz CT molecular complexity index is 882. The van der Waals surface area contributed by atoms with E-state index >= 15 is 0 Å². The Morgan fingerprint density at radius 1 is 0.966 bits per heavy atom. The highest BCUT2D eigenvalue weighted by molar-refractivity contribution is 6.05. The van der Waals surface area contributed by atoms with E-state index in [9.17, 15) is 9.59 Å². The van der Waals surface area contributed by atoms with Gasteiger partial charge in [-0.25, -0.2) is 0 Å². The summed E-state index contributed by atoms with van der Waals surface area (Å²) in [6, 6.07) is 15.0. The van der Waals surface area contributed by atoms with Crippen LogP contribution in [0.15, 0.2) is 48.5 Å². The first kappa shape index (κ1) is 19.6. The Balaban J connectivity index is 1.45. The van der Waals surface area contributed by atoms with E-state index < -0.39 is 0 Å². The van der Waals surface area contributed by atoms with Crippen LogP contribution in [0.1, 0.15) is 48.0 Å². The van der Waals surface area contributed by atoms with Gasteiger partial charge in [-0.2, -0.15) is 0 Å². The van der Waals surface area contributed by atoms with Gasteiger partial charge in [-0.1, -0.05) is 30.7 Å². The minimum atomic E-state index is -0.190. The molecule has 0 heterocycles. The molecule has 152 valence electrons. The molecule has 0 radical (unpaired) electrons. The first-order valence-corrected chi connectivity index (χ1v) is 10.5. The normalized spacial score (nSPS) is 25.9. The predicted octanol–water partition coefficient (Wildman–Crippen LogP) is 4.34. The van der Waals surface area contributed by atoms with Crippen LogP contribution in [0, 0.1) is 24.7 Å². The maximum Gasteiger partial charge on any atom is 0.255 e. The number of carbonyl (C=O) groups is 2. The number of anilines is 2. The van der Waals surface area contributed by atoms with Crippen molar-refractivity contribution in [1.29, 1.82) is 0 Å². The first-order valence-electron chi connectivity index (χ1n) is 10.5. The summed E-state index contributed by atoms with van der Waals surface area (Å²) < 4.78 is 0. The van der Waals surface area contributed by atoms with E-state index in [1.807, 2.05) is 43.3 Å². The van der Waals surface area contributed by atoms with Crippen LogP contribution in [0.4, 0.5) is 11.4 Å². The number of hydrogen-bond acceptors (Lipinski definition) is 3. The molecule has 2 unspecified atom stereocenters. The minimum absolute atomic E-state index is 0.00583. The highest BCUT2D eigenvalue weighted by Gasteiger charge is 2.40. The zero-order chi connectivity index (χ0) is 20.4. The lowest BCUT2D eigenvalue weighted by atomic mass is 9.65. The van der Waals surface area contributed by atoms with Gasteiger partial charge < -0.3 is 16.4 Å². The summed E-state index contributed by atoms with van der Waals surface area (Å²) in [5, 5.41) is 5.97. The monoisotopic (exact) mass is 391 g/mol. The smallest absolute Gasteiger partial charge is 0.255 e. The fraction of sp³-hybridized carbons (Fsp3) is 0.417. The molecule has 2 bridgehead atoms. The van der Waals surface area contributed by atoms with E-state index in [0.717, 1.165) is 36.9 Å². The number of benzene rings is 2. The van der Waals surface area contributed by atoms with Crippen LogP contribution >= 0.6 is 0 Å². The fourth-order valence-electron chi connectivity index (χ4n) is 4.86. The Morgan fingerprint density at radius 2 is 1.66 bits per heavy atom. The van der Waals surface area contributed by atoms with Crippen LogP contribution in [0.2, 0.25) is 0 Å². The van der Waals surface area contributed by atoms with E-state index in [2.05, 4.69) is 10.6 Å². The van der Waals surface area contributed by atoms with Gasteiger partial charge in [0.2, 0.25) is 5.91 Å². The molecule has 0 spiro atoms. The minimum Gasteiger partial charge on any atom is -0.327 e. The van der Waals surface area contributed by atoms with Crippen LogP contribution < -0.4 is 16.4 Å². The van der Waals surface area contributed by atoms with Crippen molar-refractivity contribution in [2.24, 2.45) is 23.5 Å². The summed E-state index contributed by atoms with van der Waals surface area (Å²) in [6.07, 6.45) is 5.24. The summed E-state index contributed by atoms with van der Waals surface area (Å²) in [7, 11) is 0. The number of para-hydroxylation sites is 1. The summed E-state index contributed by atoms with van der Waals surface area (Å²) in [6.45, 7) is 1.94. The van der Waals surface area contributed by atoms with Gasteiger partial charge in [-0.15, -0.1) is 0 Å². The molecule has 29 heavy (non-hydrogen) atoms. The molecule has 0 aliphatic heterocycles. The zero-order valence-electron chi connectivity index (χ0n) is 16.9. The van der Waals surface area contributed by atoms with Gasteiger partial charge in [0.25, 0.3) is 5.91 Å². The molecule has 2 aliphatic carbocycles. The van der Waals surface area contributed by atoms with Gasteiger partial charge in [-0.05, 0) is 74.3 Å². The molecule has 5 heteroatoms. The molecule has 0 saturated heterocycles. The molecular formula is C24H29N3O2. The van der Waals surface area contributed by atoms with Gasteiger partial charge in [0.1, 0.15) is 0 Å². The van der Waals surface area contributed by atoms with Crippen molar-refractivity contribution >= 4 is 23.2 Å². The molecule has 4 N–H and O–H groups in total. The van der Waals surface area contributed by atoms with Gasteiger partial charge in [0.05, 0.1) is 0 Å². The Kier molecular flexibility index (Phi) is 5.67. The molecule has 5 nitrogen and oxygen atoms in total.